The molecule has 2 aliphatic heterocycles. The Morgan fingerprint density at radius 1 is 1.31 bits per heavy atom. The van der Waals surface area contributed by atoms with Crippen LogP contribution in [0, 0.1) is 0 Å². The molecule has 2 heterocycles. The predicted molar refractivity (Wildman–Crippen MR) is 96.8 cm³/mol. The van der Waals surface area contributed by atoms with Gasteiger partial charge in [-0.3, -0.25) is 4.79 Å². The predicted octanol–water partition coefficient (Wildman–Crippen LogP) is 0.797. The van der Waals surface area contributed by atoms with Crippen molar-refractivity contribution in [1.82, 2.24) is 9.62 Å². The lowest BCUT2D eigenvalue weighted by Gasteiger charge is -2.27. The lowest BCUT2D eigenvalue weighted by Crippen LogP contribution is -2.43. The van der Waals surface area contributed by atoms with Crippen LogP contribution in [0.5, 0.6) is 5.75 Å². The summed E-state index contributed by atoms with van der Waals surface area (Å²) in [5, 5.41) is 5.99. The first kappa shape index (κ1) is 19.1. The van der Waals surface area contributed by atoms with E-state index in [1.807, 2.05) is 0 Å². The maximum Gasteiger partial charge on any atom is 0.246 e. The molecule has 26 heavy (non-hydrogen) atoms. The Morgan fingerprint density at radius 2 is 2.08 bits per heavy atom. The summed E-state index contributed by atoms with van der Waals surface area (Å²) < 4.78 is 37.8. The monoisotopic (exact) mass is 383 g/mol. The maximum atomic E-state index is 13.0. The van der Waals surface area contributed by atoms with Crippen molar-refractivity contribution in [3.8, 4) is 5.75 Å². The quantitative estimate of drug-likeness (QED) is 0.781. The van der Waals surface area contributed by atoms with Gasteiger partial charge in [0.05, 0.1) is 26.4 Å². The molecule has 8 nitrogen and oxygen atoms in total. The molecule has 0 aliphatic carbocycles. The molecule has 144 valence electrons. The number of hydrogen-bond acceptors (Lipinski definition) is 6. The fourth-order valence-corrected chi connectivity index (χ4v) is 4.78. The van der Waals surface area contributed by atoms with Crippen LogP contribution in [0.3, 0.4) is 0 Å². The molecule has 2 aliphatic rings. The van der Waals surface area contributed by atoms with Crippen molar-refractivity contribution in [3.05, 3.63) is 18.2 Å². The summed E-state index contributed by atoms with van der Waals surface area (Å²) in [6.45, 7) is 2.15. The zero-order chi connectivity index (χ0) is 18.6. The number of benzene rings is 1. The minimum absolute atomic E-state index is 0.0521. The summed E-state index contributed by atoms with van der Waals surface area (Å²) in [5.41, 5.74) is 0.440. The van der Waals surface area contributed by atoms with Crippen LogP contribution in [0.1, 0.15) is 19.3 Å². The number of methoxy groups -OCH3 is 1. The number of rotatable bonds is 5. The van der Waals surface area contributed by atoms with Gasteiger partial charge in [0, 0.05) is 18.8 Å². The third-order valence-electron chi connectivity index (χ3n) is 4.65. The summed E-state index contributed by atoms with van der Waals surface area (Å²) in [6, 6.07) is 4.43. The van der Waals surface area contributed by atoms with Crippen LogP contribution in [-0.4, -0.2) is 64.6 Å². The number of carbonyl (C=O) groups excluding carboxylic acids is 1. The van der Waals surface area contributed by atoms with Gasteiger partial charge >= 0.3 is 0 Å². The number of hydrogen-bond donors (Lipinski definition) is 2. The van der Waals surface area contributed by atoms with Crippen molar-refractivity contribution in [2.24, 2.45) is 0 Å². The van der Waals surface area contributed by atoms with E-state index in [2.05, 4.69) is 10.6 Å². The second-order valence-electron chi connectivity index (χ2n) is 6.37. The highest BCUT2D eigenvalue weighted by Crippen LogP contribution is 2.30. The zero-order valence-corrected chi connectivity index (χ0v) is 15.7. The van der Waals surface area contributed by atoms with Gasteiger partial charge < -0.3 is 20.1 Å². The van der Waals surface area contributed by atoms with E-state index in [1.54, 1.807) is 12.1 Å². The van der Waals surface area contributed by atoms with Crippen molar-refractivity contribution < 1.29 is 22.7 Å². The van der Waals surface area contributed by atoms with E-state index in [1.165, 1.54) is 17.5 Å². The van der Waals surface area contributed by atoms with Crippen molar-refractivity contribution in [1.29, 1.82) is 0 Å². The molecule has 0 bridgehead atoms. The number of ether oxygens (including phenoxy) is 2. The molecular weight excluding hydrogens is 358 g/mol. The molecule has 1 aromatic carbocycles. The SMILES string of the molecule is COc1ccc(NC(=O)C2CCCCN2)cc1S(=O)(=O)N1CCOCC1. The first-order valence-corrected chi connectivity index (χ1v) is 10.3. The number of anilines is 1. The number of amides is 1. The van der Waals surface area contributed by atoms with E-state index < -0.39 is 10.0 Å². The van der Waals surface area contributed by atoms with Gasteiger partial charge in [0.1, 0.15) is 10.6 Å². The molecule has 2 N–H and O–H groups in total. The molecule has 2 fully saturated rings. The van der Waals surface area contributed by atoms with Crippen molar-refractivity contribution in [3.63, 3.8) is 0 Å². The van der Waals surface area contributed by atoms with Gasteiger partial charge in [-0.05, 0) is 37.6 Å². The highest BCUT2D eigenvalue weighted by Gasteiger charge is 2.30. The van der Waals surface area contributed by atoms with Crippen LogP contribution in [0.4, 0.5) is 5.69 Å². The fraction of sp³-hybridized carbons (Fsp3) is 0.588. The smallest absolute Gasteiger partial charge is 0.246 e. The van der Waals surface area contributed by atoms with E-state index in [4.69, 9.17) is 9.47 Å². The Morgan fingerprint density at radius 3 is 2.73 bits per heavy atom. The van der Waals surface area contributed by atoms with Crippen LogP contribution in [-0.2, 0) is 19.6 Å². The second kappa shape index (κ2) is 8.34. The summed E-state index contributed by atoms with van der Waals surface area (Å²) in [5.74, 6) is 0.106. The number of nitrogens with zero attached hydrogens (tertiary/aromatic N) is 1. The van der Waals surface area contributed by atoms with Crippen LogP contribution in [0.25, 0.3) is 0 Å². The van der Waals surface area contributed by atoms with E-state index in [0.717, 1.165) is 25.8 Å². The van der Waals surface area contributed by atoms with Crippen molar-refractivity contribution in [2.45, 2.75) is 30.2 Å². The minimum atomic E-state index is -3.73. The normalized spacial score (nSPS) is 22.0. The third-order valence-corrected chi connectivity index (χ3v) is 6.57. The van der Waals surface area contributed by atoms with Gasteiger partial charge in [-0.1, -0.05) is 6.42 Å². The van der Waals surface area contributed by atoms with Crippen LogP contribution in [0.2, 0.25) is 0 Å². The van der Waals surface area contributed by atoms with Crippen LogP contribution < -0.4 is 15.4 Å². The van der Waals surface area contributed by atoms with Gasteiger partial charge in [-0.15, -0.1) is 0 Å². The average molecular weight is 383 g/mol. The van der Waals surface area contributed by atoms with Gasteiger partial charge in [-0.25, -0.2) is 8.42 Å². The fourth-order valence-electron chi connectivity index (χ4n) is 3.19. The summed E-state index contributed by atoms with van der Waals surface area (Å²) in [6.07, 6.45) is 2.85. The van der Waals surface area contributed by atoms with Gasteiger partial charge in [0.25, 0.3) is 0 Å². The van der Waals surface area contributed by atoms with Crippen LogP contribution in [0.15, 0.2) is 23.1 Å². The standard InChI is InChI=1S/C17H25N3O5S/c1-24-15-6-5-13(19-17(21)14-4-2-3-7-18-14)12-16(15)26(22,23)20-8-10-25-11-9-20/h5-6,12,14,18H,2-4,7-11H2,1H3,(H,19,21). The Hall–Kier alpha value is -1.68. The summed E-state index contributed by atoms with van der Waals surface area (Å²) in [4.78, 5) is 12.5. The number of piperidine rings is 1. The average Bonchev–Trinajstić information content (AvgIpc) is 2.69. The zero-order valence-electron chi connectivity index (χ0n) is 14.9. The first-order chi connectivity index (χ1) is 12.5. The topological polar surface area (TPSA) is 97.0 Å². The van der Waals surface area contributed by atoms with E-state index in [9.17, 15) is 13.2 Å². The summed E-state index contributed by atoms with van der Waals surface area (Å²) >= 11 is 0. The van der Waals surface area contributed by atoms with E-state index >= 15 is 0 Å². The highest BCUT2D eigenvalue weighted by molar-refractivity contribution is 7.89. The Balaban J connectivity index is 1.83. The largest absolute Gasteiger partial charge is 0.495 e. The number of nitrogens with one attached hydrogen (secondary N) is 2. The molecule has 2 saturated heterocycles. The highest BCUT2D eigenvalue weighted by atomic mass is 32.2. The van der Waals surface area contributed by atoms with Crippen LogP contribution >= 0.6 is 0 Å². The molecule has 0 aromatic heterocycles. The third kappa shape index (κ3) is 4.17. The maximum absolute atomic E-state index is 13.0. The molecule has 3 rings (SSSR count). The molecule has 0 radical (unpaired) electrons. The molecule has 1 atom stereocenters. The number of carbonyl (C=O) groups is 1. The lowest BCUT2D eigenvalue weighted by molar-refractivity contribution is -0.118. The number of sulfonamides is 1. The lowest BCUT2D eigenvalue weighted by atomic mass is 10.0. The molecule has 1 aromatic rings. The van der Waals surface area contributed by atoms with E-state index in [-0.39, 0.29) is 22.6 Å². The molecule has 0 spiro atoms. The first-order valence-electron chi connectivity index (χ1n) is 8.82. The Kier molecular flexibility index (Phi) is 6.13. The molecule has 9 heteroatoms. The Labute approximate surface area is 153 Å². The number of morpholine rings is 1. The van der Waals surface area contributed by atoms with Gasteiger partial charge in [0.15, 0.2) is 0 Å². The van der Waals surface area contributed by atoms with Gasteiger partial charge in [-0.2, -0.15) is 4.31 Å². The molecule has 1 amide bonds. The summed E-state index contributed by atoms with van der Waals surface area (Å²) in [7, 11) is -2.30. The Bertz CT molecular complexity index is 741. The van der Waals surface area contributed by atoms with Crippen molar-refractivity contribution in [2.75, 3.05) is 45.3 Å². The molecule has 0 saturated carbocycles. The second-order valence-corrected chi connectivity index (χ2v) is 8.28. The van der Waals surface area contributed by atoms with E-state index in [0.29, 0.717) is 32.0 Å². The van der Waals surface area contributed by atoms with Gasteiger partial charge in [0.2, 0.25) is 15.9 Å². The molecule has 1 unspecified atom stereocenters. The molecular formula is C17H25N3O5S. The minimum Gasteiger partial charge on any atom is -0.495 e. The van der Waals surface area contributed by atoms with Crippen molar-refractivity contribution >= 4 is 21.6 Å².